The van der Waals surface area contributed by atoms with Crippen molar-refractivity contribution in [2.75, 3.05) is 25.4 Å². The summed E-state index contributed by atoms with van der Waals surface area (Å²) in [6.45, 7) is 3.15. The second-order valence-corrected chi connectivity index (χ2v) is 4.42. The third-order valence-electron chi connectivity index (χ3n) is 2.30. The van der Waals surface area contributed by atoms with Gasteiger partial charge in [0.2, 0.25) is 0 Å². The van der Waals surface area contributed by atoms with E-state index >= 15 is 0 Å². The second kappa shape index (κ2) is 3.66. The van der Waals surface area contributed by atoms with E-state index in [0.717, 1.165) is 25.4 Å². The van der Waals surface area contributed by atoms with Crippen molar-refractivity contribution < 1.29 is 0 Å². The van der Waals surface area contributed by atoms with E-state index in [1.807, 2.05) is 11.8 Å². The zero-order chi connectivity index (χ0) is 8.39. The summed E-state index contributed by atoms with van der Waals surface area (Å²) in [6.07, 6.45) is 2.40. The predicted octanol–water partition coefficient (Wildman–Crippen LogP) is 0.512. The van der Waals surface area contributed by atoms with E-state index in [0.29, 0.717) is 6.04 Å². The lowest BCUT2D eigenvalue weighted by Crippen LogP contribution is -2.44. The molecule has 2 heterocycles. The highest BCUT2D eigenvalue weighted by atomic mass is 32.2. The minimum Gasteiger partial charge on any atom is -0.350 e. The average molecular weight is 185 g/mol. The zero-order valence-electron chi connectivity index (χ0n) is 7.20. The molecule has 0 aromatic carbocycles. The number of rotatable bonds is 0. The van der Waals surface area contributed by atoms with E-state index in [2.05, 4.69) is 9.89 Å². The number of amidine groups is 1. The van der Waals surface area contributed by atoms with Gasteiger partial charge in [-0.25, -0.2) is 0 Å². The molecular weight excluding hydrogens is 170 g/mol. The molecule has 1 fully saturated rings. The number of hydrogen-bond acceptors (Lipinski definition) is 4. The monoisotopic (exact) mass is 185 g/mol. The summed E-state index contributed by atoms with van der Waals surface area (Å²) in [4.78, 5) is 6.78. The normalized spacial score (nSPS) is 30.6. The molecule has 2 N–H and O–H groups in total. The lowest BCUT2D eigenvalue weighted by molar-refractivity contribution is 0.314. The van der Waals surface area contributed by atoms with E-state index in [1.54, 1.807) is 0 Å². The predicted molar refractivity (Wildman–Crippen MR) is 53.5 cm³/mol. The van der Waals surface area contributed by atoms with E-state index in [-0.39, 0.29) is 0 Å². The molecule has 4 heteroatoms. The highest BCUT2D eigenvalue weighted by molar-refractivity contribution is 8.14. The van der Waals surface area contributed by atoms with Gasteiger partial charge in [-0.2, -0.15) is 0 Å². The molecule has 0 spiro atoms. The molecular formula is C8H15N3S. The Bertz CT molecular complexity index is 193. The van der Waals surface area contributed by atoms with Crippen LogP contribution in [0.25, 0.3) is 0 Å². The van der Waals surface area contributed by atoms with Gasteiger partial charge in [0.15, 0.2) is 5.17 Å². The summed E-state index contributed by atoms with van der Waals surface area (Å²) in [5.74, 6) is 1.15. The van der Waals surface area contributed by atoms with Gasteiger partial charge in [-0.15, -0.1) is 0 Å². The van der Waals surface area contributed by atoms with Gasteiger partial charge in [-0.1, -0.05) is 11.8 Å². The number of likely N-dealkylation sites (tertiary alicyclic amines) is 1. The highest BCUT2D eigenvalue weighted by Crippen LogP contribution is 2.19. The third kappa shape index (κ3) is 1.75. The van der Waals surface area contributed by atoms with Gasteiger partial charge in [-0.3, -0.25) is 4.99 Å². The molecule has 1 saturated heterocycles. The van der Waals surface area contributed by atoms with Crippen LogP contribution in [0.2, 0.25) is 0 Å². The molecule has 0 bridgehead atoms. The Kier molecular flexibility index (Phi) is 2.56. The summed E-state index contributed by atoms with van der Waals surface area (Å²) in [6, 6.07) is 0.364. The quantitative estimate of drug-likeness (QED) is 0.598. The number of nitrogens with two attached hydrogens (primary N) is 1. The van der Waals surface area contributed by atoms with Gasteiger partial charge in [0.1, 0.15) is 0 Å². The molecule has 0 aliphatic carbocycles. The maximum absolute atomic E-state index is 5.89. The molecule has 68 valence electrons. The second-order valence-electron chi connectivity index (χ2n) is 3.36. The van der Waals surface area contributed by atoms with Crippen LogP contribution in [0.15, 0.2) is 4.99 Å². The number of aliphatic imine (C=N–C) groups is 1. The molecule has 12 heavy (non-hydrogen) atoms. The van der Waals surface area contributed by atoms with Gasteiger partial charge < -0.3 is 10.6 Å². The Morgan fingerprint density at radius 2 is 2.50 bits per heavy atom. The van der Waals surface area contributed by atoms with Crippen molar-refractivity contribution in [2.45, 2.75) is 18.9 Å². The van der Waals surface area contributed by atoms with Crippen LogP contribution in [0, 0.1) is 0 Å². The summed E-state index contributed by atoms with van der Waals surface area (Å²) in [7, 11) is 0. The maximum Gasteiger partial charge on any atom is 0.159 e. The molecule has 1 atom stereocenters. The third-order valence-corrected chi connectivity index (χ3v) is 3.33. The van der Waals surface area contributed by atoms with Crippen molar-refractivity contribution in [1.29, 1.82) is 0 Å². The van der Waals surface area contributed by atoms with Crippen LogP contribution in [0.4, 0.5) is 0 Å². The fraction of sp³-hybridized carbons (Fsp3) is 0.875. The molecule has 3 nitrogen and oxygen atoms in total. The minimum absolute atomic E-state index is 0.364. The first-order valence-electron chi connectivity index (χ1n) is 4.54. The first kappa shape index (κ1) is 8.38. The van der Waals surface area contributed by atoms with Crippen LogP contribution in [0.1, 0.15) is 12.8 Å². The molecule has 0 radical (unpaired) electrons. The number of nitrogens with zero attached hydrogens (tertiary/aromatic N) is 2. The van der Waals surface area contributed by atoms with Crippen molar-refractivity contribution in [1.82, 2.24) is 4.90 Å². The maximum atomic E-state index is 5.89. The molecule has 0 amide bonds. The van der Waals surface area contributed by atoms with Crippen LogP contribution in [-0.4, -0.2) is 41.5 Å². The molecule has 0 saturated carbocycles. The first-order valence-corrected chi connectivity index (χ1v) is 5.52. The largest absolute Gasteiger partial charge is 0.350 e. The Hall–Kier alpha value is -0.220. The molecule has 2 rings (SSSR count). The summed E-state index contributed by atoms with van der Waals surface area (Å²) in [5.41, 5.74) is 5.89. The van der Waals surface area contributed by atoms with Gasteiger partial charge >= 0.3 is 0 Å². The minimum atomic E-state index is 0.364. The highest BCUT2D eigenvalue weighted by Gasteiger charge is 2.21. The van der Waals surface area contributed by atoms with Crippen molar-refractivity contribution in [2.24, 2.45) is 10.7 Å². The van der Waals surface area contributed by atoms with Crippen LogP contribution >= 0.6 is 11.8 Å². The van der Waals surface area contributed by atoms with Gasteiger partial charge in [-0.05, 0) is 12.8 Å². The summed E-state index contributed by atoms with van der Waals surface area (Å²) < 4.78 is 0. The van der Waals surface area contributed by atoms with Crippen molar-refractivity contribution in [3.63, 3.8) is 0 Å². The number of thioether (sulfide) groups is 1. The van der Waals surface area contributed by atoms with Gasteiger partial charge in [0.05, 0.1) is 6.54 Å². The molecule has 2 aliphatic rings. The smallest absolute Gasteiger partial charge is 0.159 e. The Balaban J connectivity index is 1.94. The van der Waals surface area contributed by atoms with Crippen LogP contribution in [-0.2, 0) is 0 Å². The molecule has 0 aromatic rings. The molecule has 2 aliphatic heterocycles. The summed E-state index contributed by atoms with van der Waals surface area (Å²) in [5, 5.41) is 1.23. The number of piperidine rings is 1. The fourth-order valence-corrected chi connectivity index (χ4v) is 2.59. The lowest BCUT2D eigenvalue weighted by atomic mass is 10.1. The first-order chi connectivity index (χ1) is 5.86. The fourth-order valence-electron chi connectivity index (χ4n) is 1.70. The Labute approximate surface area is 77.4 Å². The van der Waals surface area contributed by atoms with Gasteiger partial charge in [0.25, 0.3) is 0 Å². The van der Waals surface area contributed by atoms with Crippen molar-refractivity contribution >= 4 is 16.9 Å². The van der Waals surface area contributed by atoms with Crippen LogP contribution < -0.4 is 5.73 Å². The Morgan fingerprint density at radius 3 is 3.17 bits per heavy atom. The molecule has 0 unspecified atom stereocenters. The van der Waals surface area contributed by atoms with Crippen LogP contribution in [0.3, 0.4) is 0 Å². The molecule has 0 aromatic heterocycles. The van der Waals surface area contributed by atoms with E-state index in [4.69, 9.17) is 5.73 Å². The van der Waals surface area contributed by atoms with Crippen molar-refractivity contribution in [3.05, 3.63) is 0 Å². The Morgan fingerprint density at radius 1 is 1.58 bits per heavy atom. The SMILES string of the molecule is N[C@@H]1CCCN(C2=NCCS2)C1. The van der Waals surface area contributed by atoms with E-state index in [1.165, 1.54) is 18.0 Å². The van der Waals surface area contributed by atoms with Crippen LogP contribution in [0.5, 0.6) is 0 Å². The topological polar surface area (TPSA) is 41.6 Å². The average Bonchev–Trinajstić information content (AvgIpc) is 2.56. The van der Waals surface area contributed by atoms with E-state index in [9.17, 15) is 0 Å². The summed E-state index contributed by atoms with van der Waals surface area (Å²) >= 11 is 1.87. The zero-order valence-corrected chi connectivity index (χ0v) is 8.02. The number of hydrogen-bond donors (Lipinski definition) is 1. The lowest BCUT2D eigenvalue weighted by Gasteiger charge is -2.31. The van der Waals surface area contributed by atoms with Gasteiger partial charge in [0, 0.05) is 24.9 Å². The van der Waals surface area contributed by atoms with E-state index < -0.39 is 0 Å². The standard InChI is InChI=1S/C8H15N3S/c9-7-2-1-4-11(6-7)8-10-3-5-12-8/h7H,1-6,9H2/t7-/m1/s1. The van der Waals surface area contributed by atoms with Crippen molar-refractivity contribution in [3.8, 4) is 0 Å².